The molecule has 0 radical (unpaired) electrons. The summed E-state index contributed by atoms with van der Waals surface area (Å²) in [6.45, 7) is 0. The number of thioether (sulfide) groups is 1. The topological polar surface area (TPSA) is 0 Å². The monoisotopic (exact) mass is 274 g/mol. The summed E-state index contributed by atoms with van der Waals surface area (Å²) < 4.78 is 0. The second-order valence-corrected chi connectivity index (χ2v) is 6.20. The number of rotatable bonds is 0. The molecule has 1 aliphatic rings. The van der Waals surface area contributed by atoms with E-state index in [0.717, 1.165) is 17.2 Å². The molecule has 18 heavy (non-hydrogen) atoms. The molecular weight excluding hydrogens is 260 g/mol. The fourth-order valence-electron chi connectivity index (χ4n) is 2.44. The lowest BCUT2D eigenvalue weighted by Crippen LogP contribution is -1.97. The molecule has 0 fully saturated rings. The third kappa shape index (κ3) is 2.57. The van der Waals surface area contributed by atoms with E-state index in [4.69, 9.17) is 11.6 Å². The van der Waals surface area contributed by atoms with Gasteiger partial charge in [-0.15, -0.1) is 0 Å². The van der Waals surface area contributed by atoms with Gasteiger partial charge in [0.05, 0.1) is 0 Å². The van der Waals surface area contributed by atoms with Crippen molar-refractivity contribution in [2.45, 2.75) is 18.6 Å². The quantitative estimate of drug-likeness (QED) is 0.670. The zero-order chi connectivity index (χ0) is 12.4. The Morgan fingerprint density at radius 1 is 0.889 bits per heavy atom. The molecule has 2 aromatic carbocycles. The van der Waals surface area contributed by atoms with Crippen molar-refractivity contribution in [2.24, 2.45) is 0 Å². The highest BCUT2D eigenvalue weighted by Gasteiger charge is 2.10. The molecule has 92 valence electrons. The molecule has 0 saturated carbocycles. The first-order chi connectivity index (χ1) is 8.83. The summed E-state index contributed by atoms with van der Waals surface area (Å²) in [5.41, 5.74) is 5.77. The summed E-state index contributed by atoms with van der Waals surface area (Å²) in [6, 6.07) is 15.1. The fourth-order valence-corrected chi connectivity index (χ4v) is 3.64. The zero-order valence-corrected chi connectivity index (χ0v) is 11.7. The predicted molar refractivity (Wildman–Crippen MR) is 80.6 cm³/mol. The molecule has 2 heteroatoms. The van der Waals surface area contributed by atoms with E-state index in [0.29, 0.717) is 0 Å². The molecular formula is C16H15ClS. The molecule has 1 aliphatic heterocycles. The van der Waals surface area contributed by atoms with Crippen LogP contribution in [0, 0.1) is 0 Å². The molecule has 0 aliphatic carbocycles. The van der Waals surface area contributed by atoms with Gasteiger partial charge < -0.3 is 0 Å². The van der Waals surface area contributed by atoms with E-state index in [1.165, 1.54) is 34.4 Å². The third-order valence-corrected chi connectivity index (χ3v) is 4.68. The largest absolute Gasteiger partial charge is 0.157 e. The average molecular weight is 275 g/mol. The Bertz CT molecular complexity index is 563. The van der Waals surface area contributed by atoms with Crippen molar-refractivity contribution in [2.75, 3.05) is 5.75 Å². The predicted octanol–water partition coefficient (Wildman–Crippen LogP) is 4.72. The highest BCUT2D eigenvalue weighted by molar-refractivity contribution is 7.98. The zero-order valence-electron chi connectivity index (χ0n) is 10.2. The van der Waals surface area contributed by atoms with Gasteiger partial charge in [-0.05, 0) is 53.0 Å². The van der Waals surface area contributed by atoms with Gasteiger partial charge in [0.15, 0.2) is 0 Å². The van der Waals surface area contributed by atoms with Gasteiger partial charge in [-0.2, -0.15) is 11.8 Å². The smallest absolute Gasteiger partial charge is 0.0409 e. The minimum atomic E-state index is 0.849. The number of aryl methyl sites for hydroxylation is 1. The van der Waals surface area contributed by atoms with E-state index in [1.54, 1.807) is 0 Å². The van der Waals surface area contributed by atoms with E-state index in [-0.39, 0.29) is 0 Å². The van der Waals surface area contributed by atoms with Crippen molar-refractivity contribution in [3.63, 3.8) is 0 Å². The summed E-state index contributed by atoms with van der Waals surface area (Å²) >= 11 is 8.10. The lowest BCUT2D eigenvalue weighted by atomic mass is 9.96. The fraction of sp³-hybridized carbons (Fsp3) is 0.250. The molecule has 2 aromatic rings. The summed E-state index contributed by atoms with van der Waals surface area (Å²) in [5, 5.41) is 0.849. The maximum Gasteiger partial charge on any atom is 0.0409 e. The van der Waals surface area contributed by atoms with Crippen molar-refractivity contribution in [3.05, 3.63) is 69.7 Å². The van der Waals surface area contributed by atoms with Gasteiger partial charge in [0.2, 0.25) is 0 Å². The number of halogens is 1. The maximum atomic E-state index is 6.10. The van der Waals surface area contributed by atoms with Gasteiger partial charge in [0, 0.05) is 10.8 Å². The molecule has 0 amide bonds. The van der Waals surface area contributed by atoms with Crippen LogP contribution in [-0.4, -0.2) is 5.75 Å². The van der Waals surface area contributed by atoms with Gasteiger partial charge in [-0.25, -0.2) is 0 Å². The molecule has 0 atom stereocenters. The Kier molecular flexibility index (Phi) is 3.62. The normalized spacial score (nSPS) is 14.9. The number of hydrogen-bond donors (Lipinski definition) is 0. The van der Waals surface area contributed by atoms with Gasteiger partial charge in [0.25, 0.3) is 0 Å². The Morgan fingerprint density at radius 3 is 2.56 bits per heavy atom. The summed E-state index contributed by atoms with van der Waals surface area (Å²) in [7, 11) is 0. The van der Waals surface area contributed by atoms with Crippen LogP contribution < -0.4 is 0 Å². The molecule has 0 saturated heterocycles. The molecule has 0 bridgehead atoms. The van der Waals surface area contributed by atoms with Crippen LogP contribution in [0.25, 0.3) is 0 Å². The number of fused-ring (bicyclic) bond motifs is 2. The summed E-state index contributed by atoms with van der Waals surface area (Å²) in [4.78, 5) is 0. The Morgan fingerprint density at radius 2 is 1.67 bits per heavy atom. The van der Waals surface area contributed by atoms with Crippen LogP contribution in [0.3, 0.4) is 0 Å². The highest BCUT2D eigenvalue weighted by atomic mass is 35.5. The molecule has 0 spiro atoms. The van der Waals surface area contributed by atoms with Gasteiger partial charge in [-0.3, -0.25) is 0 Å². The Balaban J connectivity index is 2.04. The Hall–Kier alpha value is -0.920. The molecule has 3 rings (SSSR count). The lowest BCUT2D eigenvalue weighted by molar-refractivity contribution is 1.07. The maximum absolute atomic E-state index is 6.10. The minimum Gasteiger partial charge on any atom is -0.157 e. The van der Waals surface area contributed by atoms with Gasteiger partial charge in [0.1, 0.15) is 0 Å². The van der Waals surface area contributed by atoms with Gasteiger partial charge in [-0.1, -0.05) is 41.9 Å². The summed E-state index contributed by atoms with van der Waals surface area (Å²) in [5.74, 6) is 2.26. The molecule has 0 nitrogen and oxygen atoms in total. The van der Waals surface area contributed by atoms with Crippen molar-refractivity contribution in [1.29, 1.82) is 0 Å². The van der Waals surface area contributed by atoms with Gasteiger partial charge >= 0.3 is 0 Å². The van der Waals surface area contributed by atoms with E-state index in [9.17, 15) is 0 Å². The average Bonchev–Trinajstić information content (AvgIpc) is 2.47. The first kappa shape index (κ1) is 12.1. The highest BCUT2D eigenvalue weighted by Crippen LogP contribution is 2.27. The minimum absolute atomic E-state index is 0.849. The van der Waals surface area contributed by atoms with E-state index >= 15 is 0 Å². The van der Waals surface area contributed by atoms with Crippen LogP contribution in [-0.2, 0) is 18.6 Å². The van der Waals surface area contributed by atoms with E-state index in [2.05, 4.69) is 36.4 Å². The van der Waals surface area contributed by atoms with Crippen LogP contribution in [0.2, 0.25) is 5.02 Å². The van der Waals surface area contributed by atoms with Crippen molar-refractivity contribution in [1.82, 2.24) is 0 Å². The summed E-state index contributed by atoms with van der Waals surface area (Å²) in [6.07, 6.45) is 2.20. The van der Waals surface area contributed by atoms with Crippen molar-refractivity contribution >= 4 is 23.4 Å². The van der Waals surface area contributed by atoms with Crippen LogP contribution in [0.15, 0.2) is 42.5 Å². The second-order valence-electron chi connectivity index (χ2n) is 4.66. The molecule has 0 unspecified atom stereocenters. The van der Waals surface area contributed by atoms with E-state index < -0.39 is 0 Å². The lowest BCUT2D eigenvalue weighted by Gasteiger charge is -2.10. The van der Waals surface area contributed by atoms with Crippen LogP contribution >= 0.6 is 23.4 Å². The van der Waals surface area contributed by atoms with Crippen LogP contribution in [0.5, 0.6) is 0 Å². The molecule has 0 aromatic heterocycles. The SMILES string of the molecule is Clc1ccc2c(c1)CSCCc1ccccc1C2. The Labute approximate surface area is 117 Å². The van der Waals surface area contributed by atoms with E-state index in [1.807, 2.05) is 17.8 Å². The molecule has 1 heterocycles. The van der Waals surface area contributed by atoms with Crippen molar-refractivity contribution in [3.8, 4) is 0 Å². The van der Waals surface area contributed by atoms with Crippen LogP contribution in [0.4, 0.5) is 0 Å². The second kappa shape index (κ2) is 5.38. The van der Waals surface area contributed by atoms with Crippen LogP contribution in [0.1, 0.15) is 22.3 Å². The number of benzene rings is 2. The first-order valence-electron chi connectivity index (χ1n) is 6.25. The van der Waals surface area contributed by atoms with Crippen molar-refractivity contribution < 1.29 is 0 Å². The molecule has 0 N–H and O–H groups in total. The standard InChI is InChI=1S/C16H15ClS/c17-16-6-5-14-9-13-4-2-1-3-12(13)7-8-18-11-15(14)10-16/h1-6,10H,7-9,11H2. The first-order valence-corrected chi connectivity index (χ1v) is 7.78. The third-order valence-electron chi connectivity index (χ3n) is 3.44. The number of hydrogen-bond acceptors (Lipinski definition) is 1.